The van der Waals surface area contributed by atoms with Crippen molar-refractivity contribution in [1.29, 1.82) is 0 Å². The first kappa shape index (κ1) is 14.3. The molecule has 0 radical (unpaired) electrons. The molecular formula is C14H18BrNO3. The van der Waals surface area contributed by atoms with Crippen LogP contribution in [0.15, 0.2) is 22.7 Å². The number of halogens is 1. The summed E-state index contributed by atoms with van der Waals surface area (Å²) < 4.78 is 6.63. The summed E-state index contributed by atoms with van der Waals surface area (Å²) >= 11 is 3.43. The Kier molecular flexibility index (Phi) is 4.82. The van der Waals surface area contributed by atoms with Gasteiger partial charge in [-0.15, -0.1) is 0 Å². The molecule has 1 aromatic carbocycles. The summed E-state index contributed by atoms with van der Waals surface area (Å²) in [5, 5.41) is 8.68. The van der Waals surface area contributed by atoms with Crippen LogP contribution in [0.25, 0.3) is 0 Å². The predicted octanol–water partition coefficient (Wildman–Crippen LogP) is 3.10. The minimum absolute atomic E-state index is 0.0753. The summed E-state index contributed by atoms with van der Waals surface area (Å²) in [6.45, 7) is 0.750. The highest BCUT2D eigenvalue weighted by Gasteiger charge is 2.22. The normalized spacial score (nSPS) is 16.1. The van der Waals surface area contributed by atoms with Crippen LogP contribution < -0.4 is 10.5 Å². The molecule has 0 heterocycles. The van der Waals surface area contributed by atoms with Crippen LogP contribution in [0, 0.1) is 5.92 Å². The summed E-state index contributed by atoms with van der Waals surface area (Å²) in [4.78, 5) is 10.6. The smallest absolute Gasteiger partial charge is 0.303 e. The zero-order chi connectivity index (χ0) is 13.8. The average molecular weight is 328 g/mol. The van der Waals surface area contributed by atoms with Crippen LogP contribution in [-0.2, 0) is 4.79 Å². The Balaban J connectivity index is 1.99. The molecule has 1 fully saturated rings. The first-order valence-electron chi connectivity index (χ1n) is 6.45. The van der Waals surface area contributed by atoms with Gasteiger partial charge in [-0.05, 0) is 48.9 Å². The highest BCUT2D eigenvalue weighted by Crippen LogP contribution is 2.31. The van der Waals surface area contributed by atoms with Crippen LogP contribution in [0.1, 0.15) is 37.3 Å². The number of carboxylic acids is 1. The lowest BCUT2D eigenvalue weighted by atomic mass is 10.0. The van der Waals surface area contributed by atoms with Gasteiger partial charge < -0.3 is 15.6 Å². The topological polar surface area (TPSA) is 72.6 Å². The molecule has 1 aliphatic rings. The molecular weight excluding hydrogens is 310 g/mol. The third kappa shape index (κ3) is 4.84. The van der Waals surface area contributed by atoms with Gasteiger partial charge in [-0.1, -0.05) is 15.9 Å². The molecule has 0 aromatic heterocycles. The molecule has 1 aliphatic carbocycles. The number of nitrogens with two attached hydrogens (primary N) is 1. The number of hydrogen-bond donors (Lipinski definition) is 2. The highest BCUT2D eigenvalue weighted by molar-refractivity contribution is 9.10. The van der Waals surface area contributed by atoms with Gasteiger partial charge >= 0.3 is 5.97 Å². The van der Waals surface area contributed by atoms with Crippen molar-refractivity contribution in [3.05, 3.63) is 28.2 Å². The van der Waals surface area contributed by atoms with Crippen molar-refractivity contribution in [2.24, 2.45) is 11.7 Å². The highest BCUT2D eigenvalue weighted by atomic mass is 79.9. The van der Waals surface area contributed by atoms with Gasteiger partial charge in [-0.3, -0.25) is 4.79 Å². The van der Waals surface area contributed by atoms with Crippen LogP contribution >= 0.6 is 15.9 Å². The molecule has 1 saturated carbocycles. The van der Waals surface area contributed by atoms with Crippen molar-refractivity contribution in [2.45, 2.75) is 31.7 Å². The summed E-state index contributed by atoms with van der Waals surface area (Å²) in [5.41, 5.74) is 6.91. The molecule has 5 heteroatoms. The van der Waals surface area contributed by atoms with Crippen LogP contribution in [0.2, 0.25) is 0 Å². The summed E-state index contributed by atoms with van der Waals surface area (Å²) in [6.07, 6.45) is 3.00. The van der Waals surface area contributed by atoms with Gasteiger partial charge in [0.05, 0.1) is 6.61 Å². The molecule has 0 spiro atoms. The van der Waals surface area contributed by atoms with Crippen LogP contribution in [0.5, 0.6) is 5.75 Å². The number of ether oxygens (including phenoxy) is 1. The van der Waals surface area contributed by atoms with Gasteiger partial charge in [-0.25, -0.2) is 0 Å². The van der Waals surface area contributed by atoms with Gasteiger partial charge in [0.1, 0.15) is 5.75 Å². The molecule has 0 aliphatic heterocycles. The SMILES string of the molecule is NC(CCC(=O)O)c1cc(Br)cc(OCC2CC2)c1. The van der Waals surface area contributed by atoms with Gasteiger partial charge in [0.2, 0.25) is 0 Å². The van der Waals surface area contributed by atoms with Gasteiger partial charge in [0.25, 0.3) is 0 Å². The second-order valence-electron chi connectivity index (χ2n) is 5.01. The number of benzene rings is 1. The number of aliphatic carboxylic acids is 1. The van der Waals surface area contributed by atoms with Crippen molar-refractivity contribution in [1.82, 2.24) is 0 Å². The maximum Gasteiger partial charge on any atom is 0.303 e. The third-order valence-electron chi connectivity index (χ3n) is 3.17. The quantitative estimate of drug-likeness (QED) is 0.807. The van der Waals surface area contributed by atoms with E-state index < -0.39 is 5.97 Å². The van der Waals surface area contributed by atoms with E-state index in [9.17, 15) is 4.79 Å². The van der Waals surface area contributed by atoms with E-state index in [1.165, 1.54) is 12.8 Å². The van der Waals surface area contributed by atoms with E-state index in [4.69, 9.17) is 15.6 Å². The molecule has 0 bridgehead atoms. The van der Waals surface area contributed by atoms with E-state index in [-0.39, 0.29) is 12.5 Å². The van der Waals surface area contributed by atoms with Gasteiger partial charge in [0, 0.05) is 16.9 Å². The van der Waals surface area contributed by atoms with E-state index in [0.717, 1.165) is 22.4 Å². The fourth-order valence-electron chi connectivity index (χ4n) is 1.83. The zero-order valence-electron chi connectivity index (χ0n) is 10.6. The second kappa shape index (κ2) is 6.39. The molecule has 1 aromatic rings. The largest absolute Gasteiger partial charge is 0.493 e. The van der Waals surface area contributed by atoms with E-state index >= 15 is 0 Å². The molecule has 4 nitrogen and oxygen atoms in total. The number of carboxylic acid groups (broad SMARTS) is 1. The number of rotatable bonds is 7. The van der Waals surface area contributed by atoms with Gasteiger partial charge in [-0.2, -0.15) is 0 Å². The van der Waals surface area contributed by atoms with Crippen molar-refractivity contribution in [2.75, 3.05) is 6.61 Å². The van der Waals surface area contributed by atoms with E-state index in [1.54, 1.807) is 0 Å². The fourth-order valence-corrected chi connectivity index (χ4v) is 2.32. The summed E-state index contributed by atoms with van der Waals surface area (Å²) in [6, 6.07) is 5.45. The Labute approximate surface area is 121 Å². The summed E-state index contributed by atoms with van der Waals surface area (Å²) in [5.74, 6) is 0.667. The molecule has 0 saturated heterocycles. The minimum atomic E-state index is -0.823. The number of hydrogen-bond acceptors (Lipinski definition) is 3. The lowest BCUT2D eigenvalue weighted by molar-refractivity contribution is -0.137. The van der Waals surface area contributed by atoms with Crippen molar-refractivity contribution >= 4 is 21.9 Å². The van der Waals surface area contributed by atoms with Crippen molar-refractivity contribution < 1.29 is 14.6 Å². The Morgan fingerprint density at radius 3 is 2.84 bits per heavy atom. The average Bonchev–Trinajstić information content (AvgIpc) is 3.16. The standard InChI is InChI=1S/C14H18BrNO3/c15-11-5-10(13(16)3-4-14(17)18)6-12(7-11)19-8-9-1-2-9/h5-7,9,13H,1-4,8,16H2,(H,17,18). The lowest BCUT2D eigenvalue weighted by Gasteiger charge is -2.14. The third-order valence-corrected chi connectivity index (χ3v) is 3.63. The Morgan fingerprint density at radius 1 is 1.47 bits per heavy atom. The first-order chi connectivity index (χ1) is 9.04. The van der Waals surface area contributed by atoms with E-state index in [0.29, 0.717) is 12.3 Å². The minimum Gasteiger partial charge on any atom is -0.493 e. The lowest BCUT2D eigenvalue weighted by Crippen LogP contribution is -2.12. The zero-order valence-corrected chi connectivity index (χ0v) is 12.2. The van der Waals surface area contributed by atoms with E-state index in [1.807, 2.05) is 18.2 Å². The van der Waals surface area contributed by atoms with Crippen molar-refractivity contribution in [3.8, 4) is 5.75 Å². The predicted molar refractivity (Wildman–Crippen MR) is 76.2 cm³/mol. The number of carbonyl (C=O) groups is 1. The van der Waals surface area contributed by atoms with Crippen LogP contribution in [0.4, 0.5) is 0 Å². The summed E-state index contributed by atoms with van der Waals surface area (Å²) in [7, 11) is 0. The van der Waals surface area contributed by atoms with Gasteiger partial charge in [0.15, 0.2) is 0 Å². The Hall–Kier alpha value is -1.07. The second-order valence-corrected chi connectivity index (χ2v) is 5.93. The van der Waals surface area contributed by atoms with Crippen LogP contribution in [-0.4, -0.2) is 17.7 Å². The Bertz CT molecular complexity index is 460. The molecule has 1 unspecified atom stereocenters. The van der Waals surface area contributed by atoms with E-state index in [2.05, 4.69) is 15.9 Å². The molecule has 1 atom stereocenters. The molecule has 0 amide bonds. The maximum absolute atomic E-state index is 10.6. The first-order valence-corrected chi connectivity index (χ1v) is 7.24. The Morgan fingerprint density at radius 2 is 2.21 bits per heavy atom. The molecule has 19 heavy (non-hydrogen) atoms. The molecule has 104 valence electrons. The molecule has 3 N–H and O–H groups in total. The van der Waals surface area contributed by atoms with Crippen molar-refractivity contribution in [3.63, 3.8) is 0 Å². The molecule has 2 rings (SSSR count). The van der Waals surface area contributed by atoms with Crippen LogP contribution in [0.3, 0.4) is 0 Å². The monoisotopic (exact) mass is 327 g/mol. The fraction of sp³-hybridized carbons (Fsp3) is 0.500. The maximum atomic E-state index is 10.6.